The number of Topliss-reactive ketones (excluding diaryl/α,β-unsaturated/α-hetero) is 1. The second-order valence-corrected chi connectivity index (χ2v) is 3.94. The fourth-order valence-corrected chi connectivity index (χ4v) is 1.84. The van der Waals surface area contributed by atoms with Crippen molar-refractivity contribution in [2.24, 2.45) is 0 Å². The van der Waals surface area contributed by atoms with Gasteiger partial charge in [0, 0.05) is 18.7 Å². The molecule has 0 spiro atoms. The molecule has 0 unspecified atom stereocenters. The second kappa shape index (κ2) is 4.04. The third-order valence-electron chi connectivity index (χ3n) is 2.73. The van der Waals surface area contributed by atoms with Crippen LogP contribution < -0.4 is 4.90 Å². The molecular weight excluding hydrogens is 209 g/mol. The Morgan fingerprint density at radius 1 is 1.31 bits per heavy atom. The van der Waals surface area contributed by atoms with Crippen LogP contribution in [0.5, 0.6) is 0 Å². The molecule has 1 fully saturated rings. The minimum absolute atomic E-state index is 0.0460. The summed E-state index contributed by atoms with van der Waals surface area (Å²) in [6.07, 6.45) is 0.275. The van der Waals surface area contributed by atoms with E-state index >= 15 is 0 Å². The molecule has 0 bridgehead atoms. The molecule has 4 heteroatoms. The molecule has 1 amide bonds. The number of piperidine rings is 1. The highest BCUT2D eigenvalue weighted by Crippen LogP contribution is 2.24. The SMILES string of the molecule is Cc1ccc(F)cc1N1CCC(=O)CC1=O. The Morgan fingerprint density at radius 3 is 2.75 bits per heavy atom. The fourth-order valence-electron chi connectivity index (χ4n) is 1.84. The Hall–Kier alpha value is -1.71. The quantitative estimate of drug-likeness (QED) is 0.678. The Bertz CT molecular complexity index is 456. The number of nitrogens with zero attached hydrogens (tertiary/aromatic N) is 1. The van der Waals surface area contributed by atoms with Gasteiger partial charge in [0.15, 0.2) is 0 Å². The number of amides is 1. The molecule has 0 aliphatic carbocycles. The van der Waals surface area contributed by atoms with Gasteiger partial charge in [-0.2, -0.15) is 0 Å². The molecule has 0 N–H and O–H groups in total. The fraction of sp³-hybridized carbons (Fsp3) is 0.333. The zero-order valence-electron chi connectivity index (χ0n) is 9.00. The molecule has 0 aromatic heterocycles. The number of halogens is 1. The first kappa shape index (κ1) is 10.8. The van der Waals surface area contributed by atoms with Crippen LogP contribution in [0.4, 0.5) is 10.1 Å². The molecule has 1 heterocycles. The molecule has 2 rings (SSSR count). The van der Waals surface area contributed by atoms with Crippen molar-refractivity contribution >= 4 is 17.4 Å². The topological polar surface area (TPSA) is 37.4 Å². The summed E-state index contributed by atoms with van der Waals surface area (Å²) < 4.78 is 13.1. The monoisotopic (exact) mass is 221 g/mol. The largest absolute Gasteiger partial charge is 0.311 e. The lowest BCUT2D eigenvalue weighted by atomic mass is 10.1. The number of carbonyl (C=O) groups excluding carboxylic acids is 2. The molecule has 1 aliphatic heterocycles. The highest BCUT2D eigenvalue weighted by Gasteiger charge is 2.25. The number of anilines is 1. The molecule has 0 radical (unpaired) electrons. The van der Waals surface area contributed by atoms with Crippen molar-refractivity contribution in [1.29, 1.82) is 0 Å². The third kappa shape index (κ3) is 1.96. The normalized spacial score (nSPS) is 16.8. The van der Waals surface area contributed by atoms with Crippen molar-refractivity contribution in [1.82, 2.24) is 0 Å². The van der Waals surface area contributed by atoms with Crippen LogP contribution in [0.2, 0.25) is 0 Å². The van der Waals surface area contributed by atoms with Crippen molar-refractivity contribution in [3.05, 3.63) is 29.6 Å². The van der Waals surface area contributed by atoms with Gasteiger partial charge in [0.05, 0.1) is 6.42 Å². The molecule has 1 aromatic rings. The Morgan fingerprint density at radius 2 is 2.06 bits per heavy atom. The lowest BCUT2D eigenvalue weighted by Crippen LogP contribution is -2.39. The number of rotatable bonds is 1. The average Bonchev–Trinajstić information content (AvgIpc) is 2.22. The van der Waals surface area contributed by atoms with Gasteiger partial charge in [-0.15, -0.1) is 0 Å². The van der Waals surface area contributed by atoms with Crippen molar-refractivity contribution in [2.75, 3.05) is 11.4 Å². The van der Waals surface area contributed by atoms with Crippen molar-refractivity contribution < 1.29 is 14.0 Å². The third-order valence-corrected chi connectivity index (χ3v) is 2.73. The zero-order valence-corrected chi connectivity index (χ0v) is 9.00. The molecule has 0 saturated carbocycles. The van der Waals surface area contributed by atoms with Crippen molar-refractivity contribution in [3.63, 3.8) is 0 Å². The highest BCUT2D eigenvalue weighted by atomic mass is 19.1. The van der Waals surface area contributed by atoms with Crippen LogP contribution in [0.1, 0.15) is 18.4 Å². The standard InChI is InChI=1S/C12H12FNO2/c1-8-2-3-9(13)6-11(8)14-5-4-10(15)7-12(14)16/h2-3,6H,4-5,7H2,1H3. The Labute approximate surface area is 92.9 Å². The predicted octanol–water partition coefficient (Wildman–Crippen LogP) is 1.83. The van der Waals surface area contributed by atoms with E-state index in [4.69, 9.17) is 0 Å². The summed E-state index contributed by atoms with van der Waals surface area (Å²) in [5.41, 5.74) is 1.40. The first-order valence-electron chi connectivity index (χ1n) is 5.16. The lowest BCUT2D eigenvalue weighted by Gasteiger charge is -2.27. The number of hydrogen-bond donors (Lipinski definition) is 0. The Kier molecular flexibility index (Phi) is 2.73. The van der Waals surface area contributed by atoms with E-state index in [2.05, 4.69) is 0 Å². The molecule has 1 saturated heterocycles. The van der Waals surface area contributed by atoms with Crippen LogP contribution in [0.3, 0.4) is 0 Å². The Balaban J connectivity index is 2.33. The summed E-state index contributed by atoms with van der Waals surface area (Å²) in [5, 5.41) is 0. The van der Waals surface area contributed by atoms with Crippen molar-refractivity contribution in [3.8, 4) is 0 Å². The molecule has 16 heavy (non-hydrogen) atoms. The van der Waals surface area contributed by atoms with E-state index in [1.165, 1.54) is 17.0 Å². The van der Waals surface area contributed by atoms with Gasteiger partial charge in [-0.3, -0.25) is 9.59 Å². The predicted molar refractivity (Wildman–Crippen MR) is 57.7 cm³/mol. The van der Waals surface area contributed by atoms with E-state index in [1.54, 1.807) is 6.07 Å². The first-order chi connectivity index (χ1) is 7.58. The number of benzene rings is 1. The van der Waals surface area contributed by atoms with Crippen LogP contribution in [-0.2, 0) is 9.59 Å². The molecular formula is C12H12FNO2. The molecule has 1 aromatic carbocycles. The van der Waals surface area contributed by atoms with Gasteiger partial charge in [-0.25, -0.2) is 4.39 Å². The van der Waals surface area contributed by atoms with E-state index in [-0.39, 0.29) is 23.9 Å². The van der Waals surface area contributed by atoms with Crippen LogP contribution in [0, 0.1) is 12.7 Å². The summed E-state index contributed by atoms with van der Waals surface area (Å²) in [4.78, 5) is 24.2. The highest BCUT2D eigenvalue weighted by molar-refractivity contribution is 6.08. The van der Waals surface area contributed by atoms with Crippen LogP contribution in [0.25, 0.3) is 0 Å². The maximum Gasteiger partial charge on any atom is 0.234 e. The molecule has 1 aliphatic rings. The summed E-state index contributed by atoms with van der Waals surface area (Å²) in [7, 11) is 0. The van der Waals surface area contributed by atoms with Gasteiger partial charge in [0.1, 0.15) is 11.6 Å². The van der Waals surface area contributed by atoms with E-state index in [0.29, 0.717) is 18.7 Å². The summed E-state index contributed by atoms with van der Waals surface area (Å²) in [6, 6.07) is 4.33. The summed E-state index contributed by atoms with van der Waals surface area (Å²) >= 11 is 0. The second-order valence-electron chi connectivity index (χ2n) is 3.94. The maximum absolute atomic E-state index is 13.1. The first-order valence-corrected chi connectivity index (χ1v) is 5.16. The van der Waals surface area contributed by atoms with E-state index in [1.807, 2.05) is 6.92 Å². The number of aryl methyl sites for hydroxylation is 1. The van der Waals surface area contributed by atoms with Gasteiger partial charge >= 0.3 is 0 Å². The lowest BCUT2D eigenvalue weighted by molar-refractivity contribution is -0.128. The van der Waals surface area contributed by atoms with Crippen molar-refractivity contribution in [2.45, 2.75) is 19.8 Å². The number of hydrogen-bond acceptors (Lipinski definition) is 2. The van der Waals surface area contributed by atoms with E-state index in [9.17, 15) is 14.0 Å². The van der Waals surface area contributed by atoms with Gasteiger partial charge in [0.25, 0.3) is 0 Å². The minimum atomic E-state index is -0.370. The van der Waals surface area contributed by atoms with Crippen LogP contribution >= 0.6 is 0 Å². The number of carbonyl (C=O) groups is 2. The summed E-state index contributed by atoms with van der Waals surface area (Å²) in [6.45, 7) is 2.17. The molecule has 84 valence electrons. The van der Waals surface area contributed by atoms with Gasteiger partial charge in [-0.05, 0) is 24.6 Å². The van der Waals surface area contributed by atoms with Crippen LogP contribution in [-0.4, -0.2) is 18.2 Å². The van der Waals surface area contributed by atoms with E-state index < -0.39 is 0 Å². The zero-order chi connectivity index (χ0) is 11.7. The summed E-state index contributed by atoms with van der Waals surface area (Å²) in [5.74, 6) is -0.662. The smallest absolute Gasteiger partial charge is 0.234 e. The average molecular weight is 221 g/mol. The van der Waals surface area contributed by atoms with Gasteiger partial charge < -0.3 is 4.90 Å². The molecule has 0 atom stereocenters. The maximum atomic E-state index is 13.1. The molecule has 3 nitrogen and oxygen atoms in total. The van der Waals surface area contributed by atoms with Gasteiger partial charge in [0.2, 0.25) is 5.91 Å². The van der Waals surface area contributed by atoms with Crippen LogP contribution in [0.15, 0.2) is 18.2 Å². The van der Waals surface area contributed by atoms with E-state index in [0.717, 1.165) is 5.56 Å². The number of ketones is 1. The minimum Gasteiger partial charge on any atom is -0.311 e. The van der Waals surface area contributed by atoms with Gasteiger partial charge in [-0.1, -0.05) is 6.07 Å².